The maximum atomic E-state index is 5.82. The molecule has 1 rings (SSSR count). The molecule has 1 unspecified atom stereocenters. The first-order valence-corrected chi connectivity index (χ1v) is 6.93. The fourth-order valence-electron chi connectivity index (χ4n) is 2.48. The van der Waals surface area contributed by atoms with Crippen molar-refractivity contribution in [3.05, 3.63) is 0 Å². The van der Waals surface area contributed by atoms with Gasteiger partial charge in [-0.3, -0.25) is 0 Å². The van der Waals surface area contributed by atoms with Crippen molar-refractivity contribution in [1.29, 1.82) is 0 Å². The molecule has 3 heteroatoms. The van der Waals surface area contributed by atoms with Crippen molar-refractivity contribution in [2.75, 3.05) is 20.3 Å². The first-order valence-electron chi connectivity index (χ1n) is 6.93. The monoisotopic (exact) mass is 243 g/mol. The van der Waals surface area contributed by atoms with E-state index in [9.17, 15) is 0 Å². The van der Waals surface area contributed by atoms with Gasteiger partial charge in [-0.05, 0) is 40.0 Å². The summed E-state index contributed by atoms with van der Waals surface area (Å²) in [4.78, 5) is 0. The molecule has 1 saturated carbocycles. The highest BCUT2D eigenvalue weighted by atomic mass is 16.5. The van der Waals surface area contributed by atoms with Gasteiger partial charge in [0.1, 0.15) is 0 Å². The van der Waals surface area contributed by atoms with Gasteiger partial charge >= 0.3 is 0 Å². The van der Waals surface area contributed by atoms with Gasteiger partial charge in [0.15, 0.2) is 0 Å². The van der Waals surface area contributed by atoms with Crippen LogP contribution in [0.2, 0.25) is 0 Å². The Morgan fingerprint density at radius 3 is 2.53 bits per heavy atom. The summed E-state index contributed by atoms with van der Waals surface area (Å²) in [5.74, 6) is 0. The van der Waals surface area contributed by atoms with Gasteiger partial charge < -0.3 is 14.8 Å². The lowest BCUT2D eigenvalue weighted by atomic mass is 10.00. The number of hydrogen-bond acceptors (Lipinski definition) is 3. The standard InChI is InChI=1S/C14H29NO2/c1-12(11-14(2,3)16-4)15-9-10-17-13-7-5-6-8-13/h12-13,15H,5-11H2,1-4H3. The minimum atomic E-state index is -0.0429. The molecule has 1 N–H and O–H groups in total. The molecule has 1 aliphatic rings. The van der Waals surface area contributed by atoms with E-state index in [1.54, 1.807) is 7.11 Å². The van der Waals surface area contributed by atoms with Crippen molar-refractivity contribution < 1.29 is 9.47 Å². The highest BCUT2D eigenvalue weighted by molar-refractivity contribution is 4.75. The molecule has 0 aromatic rings. The quantitative estimate of drug-likeness (QED) is 0.665. The molecule has 3 nitrogen and oxygen atoms in total. The average Bonchev–Trinajstić information content (AvgIpc) is 2.77. The lowest BCUT2D eigenvalue weighted by Crippen LogP contribution is -2.37. The second-order valence-corrected chi connectivity index (χ2v) is 5.80. The number of hydrogen-bond donors (Lipinski definition) is 1. The molecule has 0 aliphatic heterocycles. The molecule has 0 heterocycles. The van der Waals surface area contributed by atoms with Crippen LogP contribution >= 0.6 is 0 Å². The van der Waals surface area contributed by atoms with Crippen LogP contribution in [0, 0.1) is 0 Å². The topological polar surface area (TPSA) is 30.5 Å². The van der Waals surface area contributed by atoms with E-state index in [2.05, 4.69) is 26.1 Å². The molecular formula is C14H29NO2. The summed E-state index contributed by atoms with van der Waals surface area (Å²) < 4.78 is 11.2. The van der Waals surface area contributed by atoms with E-state index in [1.807, 2.05) is 0 Å². The third-order valence-corrected chi connectivity index (χ3v) is 3.60. The summed E-state index contributed by atoms with van der Waals surface area (Å²) in [6.45, 7) is 8.23. The van der Waals surface area contributed by atoms with Gasteiger partial charge in [0.2, 0.25) is 0 Å². The molecule has 1 atom stereocenters. The van der Waals surface area contributed by atoms with Gasteiger partial charge in [-0.15, -0.1) is 0 Å². The molecule has 0 amide bonds. The lowest BCUT2D eigenvalue weighted by molar-refractivity contribution is 0.00685. The molecule has 0 aromatic carbocycles. The minimum Gasteiger partial charge on any atom is -0.379 e. The molecule has 0 radical (unpaired) electrons. The molecule has 0 aromatic heterocycles. The molecule has 1 fully saturated rings. The lowest BCUT2D eigenvalue weighted by Gasteiger charge is -2.27. The number of nitrogens with one attached hydrogen (secondary N) is 1. The summed E-state index contributed by atoms with van der Waals surface area (Å²) in [6, 6.07) is 0.470. The van der Waals surface area contributed by atoms with Crippen LogP contribution in [0.1, 0.15) is 52.9 Å². The predicted octanol–water partition coefficient (Wildman–Crippen LogP) is 2.74. The second kappa shape index (κ2) is 7.34. The van der Waals surface area contributed by atoms with E-state index in [0.29, 0.717) is 12.1 Å². The normalized spacial score (nSPS) is 19.8. The van der Waals surface area contributed by atoms with Crippen LogP contribution in [0.4, 0.5) is 0 Å². The smallest absolute Gasteiger partial charge is 0.0637 e. The third kappa shape index (κ3) is 6.39. The van der Waals surface area contributed by atoms with Gasteiger partial charge in [-0.25, -0.2) is 0 Å². The Kier molecular flexibility index (Phi) is 6.45. The number of rotatable bonds is 8. The molecule has 0 bridgehead atoms. The molecular weight excluding hydrogens is 214 g/mol. The fraction of sp³-hybridized carbons (Fsp3) is 1.00. The summed E-state index contributed by atoms with van der Waals surface area (Å²) in [6.07, 6.45) is 6.75. The van der Waals surface area contributed by atoms with E-state index in [-0.39, 0.29) is 5.60 Å². The van der Waals surface area contributed by atoms with Gasteiger partial charge in [0, 0.05) is 19.7 Å². The Morgan fingerprint density at radius 2 is 1.94 bits per heavy atom. The van der Waals surface area contributed by atoms with Crippen molar-refractivity contribution in [2.24, 2.45) is 0 Å². The van der Waals surface area contributed by atoms with Crippen molar-refractivity contribution >= 4 is 0 Å². The Balaban J connectivity index is 2.01. The SMILES string of the molecule is COC(C)(C)CC(C)NCCOC1CCCC1. The molecule has 0 saturated heterocycles. The minimum absolute atomic E-state index is 0.0429. The maximum absolute atomic E-state index is 5.82. The van der Waals surface area contributed by atoms with Gasteiger partial charge in [0.05, 0.1) is 18.3 Å². The van der Waals surface area contributed by atoms with E-state index in [1.165, 1.54) is 25.7 Å². The highest BCUT2D eigenvalue weighted by Crippen LogP contribution is 2.20. The largest absolute Gasteiger partial charge is 0.379 e. The van der Waals surface area contributed by atoms with Crippen LogP contribution in [0.5, 0.6) is 0 Å². The Hall–Kier alpha value is -0.120. The number of ether oxygens (including phenoxy) is 2. The van der Waals surface area contributed by atoms with Crippen molar-refractivity contribution in [3.63, 3.8) is 0 Å². The van der Waals surface area contributed by atoms with Crippen molar-refractivity contribution in [2.45, 2.75) is 70.6 Å². The van der Waals surface area contributed by atoms with Gasteiger partial charge in [-0.2, -0.15) is 0 Å². The number of methoxy groups -OCH3 is 1. The van der Waals surface area contributed by atoms with Crippen LogP contribution in [0.3, 0.4) is 0 Å². The Morgan fingerprint density at radius 1 is 1.29 bits per heavy atom. The van der Waals surface area contributed by atoms with Crippen LogP contribution < -0.4 is 5.32 Å². The van der Waals surface area contributed by atoms with E-state index in [0.717, 1.165) is 19.6 Å². The third-order valence-electron chi connectivity index (χ3n) is 3.60. The molecule has 1 aliphatic carbocycles. The van der Waals surface area contributed by atoms with Crippen molar-refractivity contribution in [3.8, 4) is 0 Å². The summed E-state index contributed by atoms with van der Waals surface area (Å²) in [5, 5.41) is 3.49. The highest BCUT2D eigenvalue weighted by Gasteiger charge is 2.20. The molecule has 102 valence electrons. The van der Waals surface area contributed by atoms with Crippen LogP contribution in [-0.2, 0) is 9.47 Å². The maximum Gasteiger partial charge on any atom is 0.0637 e. The molecule has 17 heavy (non-hydrogen) atoms. The summed E-state index contributed by atoms with van der Waals surface area (Å²) >= 11 is 0. The zero-order chi connectivity index (χ0) is 12.7. The molecule has 0 spiro atoms. The zero-order valence-electron chi connectivity index (χ0n) is 11.9. The summed E-state index contributed by atoms with van der Waals surface area (Å²) in [7, 11) is 1.77. The summed E-state index contributed by atoms with van der Waals surface area (Å²) in [5.41, 5.74) is -0.0429. The van der Waals surface area contributed by atoms with E-state index >= 15 is 0 Å². The predicted molar refractivity (Wildman–Crippen MR) is 71.4 cm³/mol. The van der Waals surface area contributed by atoms with Crippen molar-refractivity contribution in [1.82, 2.24) is 5.32 Å². The Labute approximate surface area is 106 Å². The first kappa shape index (κ1) is 14.9. The van der Waals surface area contributed by atoms with Gasteiger partial charge in [-0.1, -0.05) is 12.8 Å². The van der Waals surface area contributed by atoms with E-state index in [4.69, 9.17) is 9.47 Å². The van der Waals surface area contributed by atoms with Crippen LogP contribution in [0.25, 0.3) is 0 Å². The average molecular weight is 243 g/mol. The van der Waals surface area contributed by atoms with E-state index < -0.39 is 0 Å². The second-order valence-electron chi connectivity index (χ2n) is 5.80. The Bertz CT molecular complexity index is 200. The zero-order valence-corrected chi connectivity index (χ0v) is 11.9. The van der Waals surface area contributed by atoms with Crippen LogP contribution in [0.15, 0.2) is 0 Å². The van der Waals surface area contributed by atoms with Gasteiger partial charge in [0.25, 0.3) is 0 Å². The first-order chi connectivity index (χ1) is 8.03. The van der Waals surface area contributed by atoms with Crippen LogP contribution in [-0.4, -0.2) is 38.0 Å². The fourth-order valence-corrected chi connectivity index (χ4v) is 2.48.